The number of benzene rings is 3. The number of rotatable bonds is 4. The first-order valence-corrected chi connectivity index (χ1v) is 10.2. The highest BCUT2D eigenvalue weighted by Crippen LogP contribution is 2.29. The van der Waals surface area contributed by atoms with Gasteiger partial charge in [0.1, 0.15) is 5.65 Å². The summed E-state index contributed by atoms with van der Waals surface area (Å²) < 4.78 is 0. The molecule has 156 valence electrons. The highest BCUT2D eigenvalue weighted by molar-refractivity contribution is 6.11. The highest BCUT2D eigenvalue weighted by Gasteiger charge is 2.10. The lowest BCUT2D eigenvalue weighted by Crippen LogP contribution is -2.11. The molecule has 2 aromatic heterocycles. The van der Waals surface area contributed by atoms with E-state index in [0.717, 1.165) is 27.7 Å². The number of aryl methyl sites for hydroxylation is 1. The number of anilines is 3. The van der Waals surface area contributed by atoms with Gasteiger partial charge in [0.25, 0.3) is 11.5 Å². The third kappa shape index (κ3) is 3.70. The maximum atomic E-state index is 12.4. The van der Waals surface area contributed by atoms with Crippen molar-refractivity contribution in [2.24, 2.45) is 0 Å². The molecule has 6 heteroatoms. The molecule has 0 saturated heterocycles. The SMILES string of the molecule is Cc1ccc(C(=O)Nc2ccc(Nc3ccnc4[nH]c(=O)c5ccccc5c34)cc2)cc1. The number of nitrogens with one attached hydrogen (secondary N) is 3. The average Bonchev–Trinajstić information content (AvgIpc) is 2.81. The molecule has 0 aliphatic carbocycles. The first-order valence-electron chi connectivity index (χ1n) is 10.2. The Morgan fingerprint density at radius 1 is 0.844 bits per heavy atom. The molecule has 0 bridgehead atoms. The van der Waals surface area contributed by atoms with Gasteiger partial charge in [-0.1, -0.05) is 35.9 Å². The minimum absolute atomic E-state index is 0.152. The number of carbonyl (C=O) groups is 1. The van der Waals surface area contributed by atoms with Crippen LogP contribution in [0.25, 0.3) is 21.8 Å². The number of aromatic nitrogens is 2. The second-order valence-corrected chi connectivity index (χ2v) is 7.60. The summed E-state index contributed by atoms with van der Waals surface area (Å²) in [5, 5.41) is 8.61. The Hall–Kier alpha value is -4.45. The number of H-pyrrole nitrogens is 1. The van der Waals surface area contributed by atoms with E-state index in [1.165, 1.54) is 0 Å². The molecule has 6 nitrogen and oxygen atoms in total. The van der Waals surface area contributed by atoms with Gasteiger partial charge in [-0.2, -0.15) is 0 Å². The molecule has 32 heavy (non-hydrogen) atoms. The van der Waals surface area contributed by atoms with E-state index in [1.807, 2.05) is 79.7 Å². The summed E-state index contributed by atoms with van der Waals surface area (Å²) in [6.07, 6.45) is 1.66. The number of carbonyl (C=O) groups excluding carboxylic acids is 1. The maximum absolute atomic E-state index is 12.4. The summed E-state index contributed by atoms with van der Waals surface area (Å²) in [5.41, 5.74) is 4.47. The van der Waals surface area contributed by atoms with Gasteiger partial charge in [0, 0.05) is 39.3 Å². The predicted octanol–water partition coefficient (Wildman–Crippen LogP) is 5.38. The molecule has 0 saturated carbocycles. The van der Waals surface area contributed by atoms with Crippen molar-refractivity contribution in [3.63, 3.8) is 0 Å². The molecular weight excluding hydrogens is 400 g/mol. The lowest BCUT2D eigenvalue weighted by molar-refractivity contribution is 0.102. The first-order chi connectivity index (χ1) is 15.6. The van der Waals surface area contributed by atoms with Crippen LogP contribution in [0.4, 0.5) is 17.1 Å². The Morgan fingerprint density at radius 3 is 2.28 bits per heavy atom. The van der Waals surface area contributed by atoms with Crippen LogP contribution in [-0.4, -0.2) is 15.9 Å². The summed E-state index contributed by atoms with van der Waals surface area (Å²) in [6, 6.07) is 24.3. The lowest BCUT2D eigenvalue weighted by atomic mass is 10.1. The molecule has 3 N–H and O–H groups in total. The van der Waals surface area contributed by atoms with Gasteiger partial charge < -0.3 is 15.6 Å². The van der Waals surface area contributed by atoms with Crippen LogP contribution < -0.4 is 16.2 Å². The third-order valence-corrected chi connectivity index (χ3v) is 5.36. The van der Waals surface area contributed by atoms with E-state index in [-0.39, 0.29) is 11.5 Å². The van der Waals surface area contributed by atoms with E-state index < -0.39 is 0 Å². The number of aromatic amines is 1. The minimum Gasteiger partial charge on any atom is -0.355 e. The first kappa shape index (κ1) is 19.5. The Balaban J connectivity index is 1.42. The molecule has 5 aromatic rings. The average molecular weight is 420 g/mol. The van der Waals surface area contributed by atoms with Crippen LogP contribution in [0.15, 0.2) is 89.9 Å². The second kappa shape index (κ2) is 8.00. The van der Waals surface area contributed by atoms with Gasteiger partial charge in [-0.05, 0) is 55.5 Å². The number of amides is 1. The van der Waals surface area contributed by atoms with Crippen molar-refractivity contribution in [3.8, 4) is 0 Å². The van der Waals surface area contributed by atoms with Crippen LogP contribution in [0.5, 0.6) is 0 Å². The van der Waals surface area contributed by atoms with E-state index in [2.05, 4.69) is 20.6 Å². The van der Waals surface area contributed by atoms with Gasteiger partial charge in [-0.15, -0.1) is 0 Å². The Labute approximate surface area is 184 Å². The fourth-order valence-electron chi connectivity index (χ4n) is 3.71. The summed E-state index contributed by atoms with van der Waals surface area (Å²) in [4.78, 5) is 32.0. The highest BCUT2D eigenvalue weighted by atomic mass is 16.1. The Bertz CT molecular complexity index is 1500. The molecule has 3 aromatic carbocycles. The minimum atomic E-state index is -0.161. The van der Waals surface area contributed by atoms with E-state index in [4.69, 9.17) is 0 Å². The predicted molar refractivity (Wildman–Crippen MR) is 129 cm³/mol. The van der Waals surface area contributed by atoms with Crippen LogP contribution in [0, 0.1) is 6.92 Å². The summed E-state index contributed by atoms with van der Waals surface area (Å²) in [6.45, 7) is 1.99. The van der Waals surface area contributed by atoms with Gasteiger partial charge in [0.15, 0.2) is 0 Å². The van der Waals surface area contributed by atoms with Crippen molar-refractivity contribution in [2.75, 3.05) is 10.6 Å². The molecule has 0 aliphatic rings. The number of nitrogens with zero attached hydrogens (tertiary/aromatic N) is 1. The summed E-state index contributed by atoms with van der Waals surface area (Å²) >= 11 is 0. The molecule has 0 spiro atoms. The normalized spacial score (nSPS) is 10.9. The molecule has 0 fully saturated rings. The largest absolute Gasteiger partial charge is 0.355 e. The van der Waals surface area contributed by atoms with E-state index in [1.54, 1.807) is 12.3 Å². The smallest absolute Gasteiger partial charge is 0.257 e. The van der Waals surface area contributed by atoms with Gasteiger partial charge in [-0.3, -0.25) is 9.59 Å². The van der Waals surface area contributed by atoms with Crippen molar-refractivity contribution in [2.45, 2.75) is 6.92 Å². The molecule has 1 amide bonds. The molecule has 5 rings (SSSR count). The van der Waals surface area contributed by atoms with Crippen LogP contribution in [-0.2, 0) is 0 Å². The van der Waals surface area contributed by atoms with Crippen molar-refractivity contribution < 1.29 is 4.79 Å². The van der Waals surface area contributed by atoms with Crippen molar-refractivity contribution in [3.05, 3.63) is 107 Å². The Kier molecular flexibility index (Phi) is 4.88. The van der Waals surface area contributed by atoms with Gasteiger partial charge in [0.2, 0.25) is 0 Å². The molecule has 0 unspecified atom stereocenters. The molecular formula is C26H20N4O2. The fourth-order valence-corrected chi connectivity index (χ4v) is 3.71. The van der Waals surface area contributed by atoms with Crippen molar-refractivity contribution in [1.29, 1.82) is 0 Å². The molecule has 0 aliphatic heterocycles. The quantitative estimate of drug-likeness (QED) is 0.341. The van der Waals surface area contributed by atoms with Gasteiger partial charge in [0.05, 0.1) is 5.69 Å². The second-order valence-electron chi connectivity index (χ2n) is 7.60. The number of hydrogen-bond acceptors (Lipinski definition) is 4. The van der Waals surface area contributed by atoms with Crippen LogP contribution >= 0.6 is 0 Å². The zero-order chi connectivity index (χ0) is 22.1. The topological polar surface area (TPSA) is 86.9 Å². The van der Waals surface area contributed by atoms with Gasteiger partial charge in [-0.25, -0.2) is 4.98 Å². The lowest BCUT2D eigenvalue weighted by Gasteiger charge is -2.12. The van der Waals surface area contributed by atoms with Crippen LogP contribution in [0.1, 0.15) is 15.9 Å². The molecule has 2 heterocycles. The van der Waals surface area contributed by atoms with Crippen molar-refractivity contribution in [1.82, 2.24) is 9.97 Å². The zero-order valence-corrected chi connectivity index (χ0v) is 17.3. The standard InChI is InChI=1S/C26H20N4O2/c1-16-6-8-17(9-7-16)25(31)29-19-12-10-18(11-13-19)28-22-14-15-27-24-23(22)20-4-2-3-5-21(20)26(32)30-24/h2-15H,1H3,(H,29,31)(H2,27,28,30,32). The zero-order valence-electron chi connectivity index (χ0n) is 17.3. The molecule has 0 radical (unpaired) electrons. The molecule has 0 atom stereocenters. The van der Waals surface area contributed by atoms with Crippen molar-refractivity contribution >= 4 is 44.8 Å². The van der Waals surface area contributed by atoms with Crippen LogP contribution in [0.2, 0.25) is 0 Å². The van der Waals surface area contributed by atoms with E-state index in [9.17, 15) is 9.59 Å². The third-order valence-electron chi connectivity index (χ3n) is 5.36. The van der Waals surface area contributed by atoms with Gasteiger partial charge >= 0.3 is 0 Å². The fraction of sp³-hybridized carbons (Fsp3) is 0.0385. The van der Waals surface area contributed by atoms with E-state index in [0.29, 0.717) is 22.3 Å². The summed E-state index contributed by atoms with van der Waals surface area (Å²) in [5.74, 6) is -0.152. The monoisotopic (exact) mass is 420 g/mol. The van der Waals surface area contributed by atoms with Crippen LogP contribution in [0.3, 0.4) is 0 Å². The number of fused-ring (bicyclic) bond motifs is 3. The summed E-state index contributed by atoms with van der Waals surface area (Å²) in [7, 11) is 0. The number of pyridine rings is 2. The maximum Gasteiger partial charge on any atom is 0.257 e. The number of hydrogen-bond donors (Lipinski definition) is 3. The van der Waals surface area contributed by atoms with E-state index >= 15 is 0 Å². The Morgan fingerprint density at radius 2 is 1.53 bits per heavy atom.